The fourth-order valence-corrected chi connectivity index (χ4v) is 7.46. The molecule has 2 rings (SSSR count). The molecule has 0 bridgehead atoms. The molecule has 0 aromatic carbocycles. The zero-order valence-corrected chi connectivity index (χ0v) is 15.5. The van der Waals surface area contributed by atoms with Gasteiger partial charge in [-0.05, 0) is 38.4 Å². The fourth-order valence-electron chi connectivity index (χ4n) is 3.15. The predicted molar refractivity (Wildman–Crippen MR) is 91.5 cm³/mol. The van der Waals surface area contributed by atoms with Crippen molar-refractivity contribution in [2.24, 2.45) is 0 Å². The maximum Gasteiger partial charge on any atom is 0.169 e. The van der Waals surface area contributed by atoms with Crippen LogP contribution in [0.5, 0.6) is 0 Å². The molecule has 1 N–H and O–H groups in total. The van der Waals surface area contributed by atoms with Crippen LogP contribution < -0.4 is 5.32 Å². The average Bonchev–Trinajstić information content (AvgIpc) is 2.85. The summed E-state index contributed by atoms with van der Waals surface area (Å²) in [7, 11) is -5.99. The second-order valence-electron chi connectivity index (χ2n) is 6.58. The van der Waals surface area contributed by atoms with E-state index >= 15 is 0 Å². The van der Waals surface area contributed by atoms with Crippen LogP contribution >= 0.6 is 12.2 Å². The van der Waals surface area contributed by atoms with E-state index in [1.807, 2.05) is 18.7 Å². The van der Waals surface area contributed by atoms with Gasteiger partial charge in [0.2, 0.25) is 0 Å². The highest BCUT2D eigenvalue weighted by Crippen LogP contribution is 2.24. The fraction of sp³-hybridized carbons (Fsp3) is 0.923. The molecule has 9 heteroatoms. The molecule has 0 aliphatic carbocycles. The summed E-state index contributed by atoms with van der Waals surface area (Å²) in [5.41, 5.74) is -0.556. The molecule has 2 saturated heterocycles. The van der Waals surface area contributed by atoms with Crippen molar-refractivity contribution in [3.8, 4) is 0 Å². The third-order valence-electron chi connectivity index (χ3n) is 4.29. The second-order valence-corrected chi connectivity index (χ2v) is 11.4. The summed E-state index contributed by atoms with van der Waals surface area (Å²) in [6, 6.07) is -0.105. The monoisotopic (exact) mass is 368 g/mol. The van der Waals surface area contributed by atoms with E-state index in [4.69, 9.17) is 12.2 Å². The number of hydrogen-bond donors (Lipinski definition) is 1. The quantitative estimate of drug-likeness (QED) is 0.716. The number of nitrogens with zero attached hydrogens (tertiary/aromatic N) is 1. The van der Waals surface area contributed by atoms with Gasteiger partial charge in [-0.2, -0.15) is 0 Å². The van der Waals surface area contributed by atoms with Gasteiger partial charge in [-0.25, -0.2) is 16.8 Å². The van der Waals surface area contributed by atoms with E-state index in [9.17, 15) is 16.8 Å². The molecule has 2 unspecified atom stereocenters. The Bertz CT molecular complexity index is 644. The minimum Gasteiger partial charge on any atom is -0.356 e. The SMILES string of the molecule is CCCN(C(=S)NC1(C)CCS(=O)(=O)C1)C1CCS(=O)(=O)C1. The second kappa shape index (κ2) is 6.24. The van der Waals surface area contributed by atoms with Gasteiger partial charge in [-0.3, -0.25) is 0 Å². The van der Waals surface area contributed by atoms with Crippen molar-refractivity contribution in [3.05, 3.63) is 0 Å². The largest absolute Gasteiger partial charge is 0.356 e. The maximum atomic E-state index is 11.7. The van der Waals surface area contributed by atoms with Crippen LogP contribution in [0.15, 0.2) is 0 Å². The van der Waals surface area contributed by atoms with Gasteiger partial charge in [0.25, 0.3) is 0 Å². The molecule has 2 heterocycles. The lowest BCUT2D eigenvalue weighted by atomic mass is 10.0. The number of nitrogens with one attached hydrogen (secondary N) is 1. The van der Waals surface area contributed by atoms with Crippen molar-refractivity contribution in [3.63, 3.8) is 0 Å². The Kier molecular flexibility index (Phi) is 5.09. The Morgan fingerprint density at radius 3 is 2.41 bits per heavy atom. The van der Waals surface area contributed by atoms with Crippen molar-refractivity contribution in [1.82, 2.24) is 10.2 Å². The van der Waals surface area contributed by atoms with Crippen molar-refractivity contribution in [1.29, 1.82) is 0 Å². The lowest BCUT2D eigenvalue weighted by molar-refractivity contribution is 0.315. The first-order chi connectivity index (χ1) is 10.1. The molecule has 6 nitrogen and oxygen atoms in total. The molecule has 2 fully saturated rings. The minimum atomic E-state index is -3.01. The molecule has 2 atom stereocenters. The van der Waals surface area contributed by atoms with E-state index < -0.39 is 25.2 Å². The Hall–Kier alpha value is -0.410. The van der Waals surface area contributed by atoms with Crippen LogP contribution in [-0.2, 0) is 19.7 Å². The van der Waals surface area contributed by atoms with Crippen LogP contribution in [-0.4, -0.2) is 68.0 Å². The highest BCUT2D eigenvalue weighted by molar-refractivity contribution is 7.92. The Labute approximate surface area is 138 Å². The molecule has 0 spiro atoms. The van der Waals surface area contributed by atoms with Crippen LogP contribution in [0.4, 0.5) is 0 Å². The van der Waals surface area contributed by atoms with E-state index in [1.165, 1.54) is 0 Å². The van der Waals surface area contributed by atoms with E-state index in [2.05, 4.69) is 5.32 Å². The summed E-state index contributed by atoms with van der Waals surface area (Å²) < 4.78 is 46.8. The zero-order chi connectivity index (χ0) is 16.6. The number of thiocarbonyl (C=S) groups is 1. The van der Waals surface area contributed by atoms with Gasteiger partial charge in [0.1, 0.15) is 0 Å². The summed E-state index contributed by atoms with van der Waals surface area (Å²) in [6.07, 6.45) is 1.96. The molecule has 0 aromatic rings. The first-order valence-corrected chi connectivity index (χ1v) is 11.6. The van der Waals surface area contributed by atoms with E-state index in [0.29, 0.717) is 24.5 Å². The molecular weight excluding hydrogens is 344 g/mol. The van der Waals surface area contributed by atoms with Gasteiger partial charge >= 0.3 is 0 Å². The summed E-state index contributed by atoms with van der Waals surface area (Å²) >= 11 is 5.46. The van der Waals surface area contributed by atoms with Gasteiger partial charge in [-0.15, -0.1) is 0 Å². The molecule has 0 aromatic heterocycles. The predicted octanol–water partition coefficient (Wildman–Crippen LogP) is 0.337. The highest BCUT2D eigenvalue weighted by Gasteiger charge is 2.40. The molecule has 0 saturated carbocycles. The lowest BCUT2D eigenvalue weighted by Crippen LogP contribution is -2.55. The zero-order valence-electron chi connectivity index (χ0n) is 13.0. The van der Waals surface area contributed by atoms with Crippen LogP contribution in [0.25, 0.3) is 0 Å². The van der Waals surface area contributed by atoms with E-state index in [1.54, 1.807) is 0 Å². The molecule has 2 aliphatic rings. The Morgan fingerprint density at radius 1 is 1.27 bits per heavy atom. The Balaban J connectivity index is 2.08. The van der Waals surface area contributed by atoms with Crippen molar-refractivity contribution in [2.75, 3.05) is 29.6 Å². The van der Waals surface area contributed by atoms with E-state index in [0.717, 1.165) is 6.42 Å². The van der Waals surface area contributed by atoms with Crippen molar-refractivity contribution < 1.29 is 16.8 Å². The van der Waals surface area contributed by atoms with Gasteiger partial charge in [0.05, 0.1) is 28.6 Å². The topological polar surface area (TPSA) is 83.6 Å². The molecule has 22 heavy (non-hydrogen) atoms. The third-order valence-corrected chi connectivity index (χ3v) is 8.28. The van der Waals surface area contributed by atoms with Gasteiger partial charge < -0.3 is 10.2 Å². The van der Waals surface area contributed by atoms with Crippen LogP contribution in [0.3, 0.4) is 0 Å². The average molecular weight is 369 g/mol. The molecular formula is C13H24N2O4S3. The van der Waals surface area contributed by atoms with Crippen molar-refractivity contribution >= 4 is 37.0 Å². The number of sulfone groups is 2. The first kappa shape index (κ1) is 17.9. The third kappa shape index (κ3) is 4.32. The highest BCUT2D eigenvalue weighted by atomic mass is 32.2. The summed E-state index contributed by atoms with van der Waals surface area (Å²) in [5, 5.41) is 3.66. The first-order valence-electron chi connectivity index (χ1n) is 7.55. The van der Waals surface area contributed by atoms with Gasteiger partial charge in [0, 0.05) is 12.6 Å². The normalized spacial score (nSPS) is 32.7. The summed E-state index contributed by atoms with van der Waals surface area (Å²) in [5.74, 6) is 0.573. The molecule has 0 amide bonds. The lowest BCUT2D eigenvalue weighted by Gasteiger charge is -2.35. The number of rotatable bonds is 4. The molecule has 2 aliphatic heterocycles. The molecule has 0 radical (unpaired) electrons. The van der Waals surface area contributed by atoms with Crippen molar-refractivity contribution in [2.45, 2.75) is 44.7 Å². The molecule has 128 valence electrons. The van der Waals surface area contributed by atoms with Crippen LogP contribution in [0, 0.1) is 0 Å². The Morgan fingerprint density at radius 2 is 1.95 bits per heavy atom. The number of hydrogen-bond acceptors (Lipinski definition) is 5. The standard InChI is InChI=1S/C13H24N2O4S3/c1-3-6-15(11-4-7-21(16,17)9-11)12(20)14-13(2)5-8-22(18,19)10-13/h11H,3-10H2,1-2H3,(H,14,20). The van der Waals surface area contributed by atoms with Crippen LogP contribution in [0.2, 0.25) is 0 Å². The van der Waals surface area contributed by atoms with Crippen LogP contribution in [0.1, 0.15) is 33.1 Å². The minimum absolute atomic E-state index is 0.0725. The van der Waals surface area contributed by atoms with E-state index in [-0.39, 0.29) is 29.1 Å². The summed E-state index contributed by atoms with van der Waals surface area (Å²) in [4.78, 5) is 1.93. The van der Waals surface area contributed by atoms with Gasteiger partial charge in [-0.1, -0.05) is 6.92 Å². The van der Waals surface area contributed by atoms with Gasteiger partial charge in [0.15, 0.2) is 24.8 Å². The summed E-state index contributed by atoms with van der Waals surface area (Å²) in [6.45, 7) is 4.55. The smallest absolute Gasteiger partial charge is 0.169 e. The maximum absolute atomic E-state index is 11.7.